The van der Waals surface area contributed by atoms with Crippen LogP contribution in [-0.2, 0) is 58.4 Å². The molecule has 0 aromatic heterocycles. The number of amides is 2. The van der Waals surface area contributed by atoms with E-state index in [4.69, 9.17) is 33.3 Å². The second-order valence-electron chi connectivity index (χ2n) is 19.8. The fourth-order valence-corrected chi connectivity index (χ4v) is 10.2. The smallest absolute Gasteiger partial charge is 0.333 e. The third-order valence-electron chi connectivity index (χ3n) is 13.6. The Morgan fingerprint density at radius 1 is 0.776 bits per heavy atom. The summed E-state index contributed by atoms with van der Waals surface area (Å²) in [5, 5.41) is 0.563. The highest BCUT2D eigenvalue weighted by Gasteiger charge is 2.45. The van der Waals surface area contributed by atoms with Crippen LogP contribution in [0.2, 0.25) is 0 Å². The highest BCUT2D eigenvalue weighted by molar-refractivity contribution is 7.85. The maximum Gasteiger partial charge on any atom is 0.333 e. The minimum absolute atomic E-state index is 0.0330. The van der Waals surface area contributed by atoms with Gasteiger partial charge in [-0.3, -0.25) is 14.1 Å². The number of rotatable bonds is 28. The van der Waals surface area contributed by atoms with Crippen LogP contribution >= 0.6 is 0 Å². The number of benzene rings is 3. The maximum absolute atomic E-state index is 12.4. The van der Waals surface area contributed by atoms with E-state index in [2.05, 4.69) is 60.6 Å². The summed E-state index contributed by atoms with van der Waals surface area (Å²) < 4.78 is 70.9. The van der Waals surface area contributed by atoms with Crippen molar-refractivity contribution in [3.8, 4) is 5.75 Å². The Bertz CT molecular complexity index is 2900. The molecule has 1 N–H and O–H groups in total. The van der Waals surface area contributed by atoms with E-state index in [0.717, 1.165) is 56.4 Å². The van der Waals surface area contributed by atoms with Crippen LogP contribution in [-0.4, -0.2) is 131 Å². The highest BCUT2D eigenvalue weighted by Crippen LogP contribution is 2.47. The van der Waals surface area contributed by atoms with Crippen LogP contribution in [0.25, 0.3) is 16.9 Å². The van der Waals surface area contributed by atoms with E-state index in [1.165, 1.54) is 17.7 Å². The Labute approximate surface area is 447 Å². The molecule has 1 fully saturated rings. The number of allylic oxidation sites excluding steroid dienone is 10. The molecule has 76 heavy (non-hydrogen) atoms. The predicted octanol–water partition coefficient (Wildman–Crippen LogP) is 9.38. The number of carbonyl (C=O) groups is 3. The molecule has 0 saturated carbocycles. The lowest BCUT2D eigenvalue weighted by Crippen LogP contribution is -2.46. The molecule has 0 bridgehead atoms. The average molecular weight is 1060 g/mol. The molecule has 16 nitrogen and oxygen atoms in total. The van der Waals surface area contributed by atoms with Gasteiger partial charge in [-0.2, -0.15) is 13.0 Å². The number of nitrogens with zero attached hydrogens (tertiary/aromatic N) is 3. The van der Waals surface area contributed by atoms with Crippen molar-refractivity contribution in [1.29, 1.82) is 0 Å². The highest BCUT2D eigenvalue weighted by atomic mass is 32.2. The Morgan fingerprint density at radius 3 is 2.09 bits per heavy atom. The molecular formula is C59H72N3O13S+. The van der Waals surface area contributed by atoms with E-state index >= 15 is 0 Å². The largest absolute Gasteiger partial charge is 0.456 e. The lowest BCUT2D eigenvalue weighted by Gasteiger charge is -2.44. The van der Waals surface area contributed by atoms with Crippen molar-refractivity contribution in [2.24, 2.45) is 0 Å². The Hall–Kier alpha value is -6.31. The average Bonchev–Trinajstić information content (AvgIpc) is 3.81. The molecule has 0 atom stereocenters. The van der Waals surface area contributed by atoms with Gasteiger partial charge in [0.15, 0.2) is 5.71 Å². The van der Waals surface area contributed by atoms with Gasteiger partial charge in [0, 0.05) is 85.5 Å². The third-order valence-corrected chi connectivity index (χ3v) is 14.4. The number of hydroxylamine groups is 2. The van der Waals surface area contributed by atoms with Gasteiger partial charge in [-0.25, -0.2) is 4.79 Å². The molecular weight excluding hydrogens is 991 g/mol. The molecule has 406 valence electrons. The summed E-state index contributed by atoms with van der Waals surface area (Å²) in [7, 11) is -2.80. The second kappa shape index (κ2) is 26.6. The van der Waals surface area contributed by atoms with Gasteiger partial charge in [-0.05, 0) is 82.9 Å². The zero-order valence-corrected chi connectivity index (χ0v) is 45.4. The Morgan fingerprint density at radius 2 is 1.42 bits per heavy atom. The van der Waals surface area contributed by atoms with Crippen molar-refractivity contribution < 1.29 is 65.2 Å². The van der Waals surface area contributed by atoms with Gasteiger partial charge in [0.2, 0.25) is 5.69 Å². The molecule has 17 heteroatoms. The first-order valence-corrected chi connectivity index (χ1v) is 27.4. The molecule has 1 saturated heterocycles. The van der Waals surface area contributed by atoms with E-state index in [1.54, 1.807) is 13.2 Å². The van der Waals surface area contributed by atoms with Gasteiger partial charge >= 0.3 is 5.97 Å². The van der Waals surface area contributed by atoms with Gasteiger partial charge in [0.25, 0.3) is 21.9 Å². The van der Waals surface area contributed by atoms with Gasteiger partial charge in [-0.15, -0.1) is 5.06 Å². The van der Waals surface area contributed by atoms with E-state index in [0.29, 0.717) is 96.9 Å². The first kappa shape index (κ1) is 57.4. The van der Waals surface area contributed by atoms with Crippen molar-refractivity contribution in [2.75, 3.05) is 84.6 Å². The van der Waals surface area contributed by atoms with Crippen LogP contribution in [0.5, 0.6) is 5.75 Å². The molecule has 0 spiro atoms. The van der Waals surface area contributed by atoms with E-state index in [1.807, 2.05) is 80.6 Å². The Balaban J connectivity index is 1.02. The minimum Gasteiger partial charge on any atom is -0.456 e. The van der Waals surface area contributed by atoms with Crippen LogP contribution in [0.15, 0.2) is 120 Å². The van der Waals surface area contributed by atoms with Crippen molar-refractivity contribution in [3.05, 3.63) is 138 Å². The number of imide groups is 1. The van der Waals surface area contributed by atoms with Crippen LogP contribution in [0.1, 0.15) is 95.4 Å². The van der Waals surface area contributed by atoms with E-state index in [-0.39, 0.29) is 29.7 Å². The number of anilines is 1. The second-order valence-corrected chi connectivity index (χ2v) is 21.3. The normalized spacial score (nSPS) is 17.5. The zero-order chi connectivity index (χ0) is 54.3. The number of methoxy groups -OCH3 is 1. The van der Waals surface area contributed by atoms with Gasteiger partial charge in [0.05, 0.1) is 75.3 Å². The molecule has 7 rings (SSSR count). The van der Waals surface area contributed by atoms with Crippen LogP contribution < -0.4 is 9.64 Å². The molecule has 4 aliphatic heterocycles. The van der Waals surface area contributed by atoms with Gasteiger partial charge < -0.3 is 38.2 Å². The number of hydrogen-bond donors (Lipinski definition) is 1. The Kier molecular flexibility index (Phi) is 20.1. The molecule has 3 aromatic rings. The summed E-state index contributed by atoms with van der Waals surface area (Å²) in [6.45, 7) is 16.4. The zero-order valence-electron chi connectivity index (χ0n) is 44.6. The topological polar surface area (TPSA) is 180 Å². The molecule has 4 aliphatic rings. The summed E-state index contributed by atoms with van der Waals surface area (Å²) in [4.78, 5) is 43.4. The quantitative estimate of drug-likeness (QED) is 0.0239. The lowest BCUT2D eigenvalue weighted by molar-refractivity contribution is -0.438. The van der Waals surface area contributed by atoms with Gasteiger partial charge in [-0.1, -0.05) is 72.9 Å². The summed E-state index contributed by atoms with van der Waals surface area (Å²) in [6.07, 6.45) is 20.2. The standard InChI is InChI=1S/C59H71N3O13S/c1-43-42-58(2,3)61(28-29-70-32-33-72-36-37-73-35-34-71-31-30-69-6)51-41-53-48(40-47(43)51)45(38-52(74-53)44-18-13-10-14-19-44)20-12-8-7-9-15-21-54-59(4,5)49-39-46(76(66,67)68)23-24-50(49)60(54)27-17-11-16-22-57(65)75-62-55(63)25-26-56(62)64/h7-10,12-15,18-21,23-24,38-42H,11,16-17,22,25-37H2,1-6H3/p+1. The molecule has 0 unspecified atom stereocenters. The number of fused-ring (bicyclic) bond motifs is 3. The van der Waals surface area contributed by atoms with Crippen molar-refractivity contribution in [3.63, 3.8) is 0 Å². The molecule has 0 aliphatic carbocycles. The first-order valence-electron chi connectivity index (χ1n) is 26.0. The molecule has 4 heterocycles. The molecule has 2 amide bonds. The number of carbonyl (C=O) groups excluding carboxylic acids is 3. The SMILES string of the molecule is COCCOCCOCCOCCOCCN1c2cc3c(cc2C(C)=CC1(C)C)C(=CC=CC=CC=CC1=[N+](CCCCCC(=O)ON2C(=O)CCC2=O)c2ccc(S(=O)(=O)O)cc2C1(C)C)C=C(c1ccccc1)O3. The minimum atomic E-state index is -4.44. The van der Waals surface area contributed by atoms with Crippen molar-refractivity contribution in [2.45, 2.75) is 89.0 Å². The number of ether oxygens (including phenoxy) is 6. The van der Waals surface area contributed by atoms with Crippen molar-refractivity contribution >= 4 is 61.9 Å². The first-order chi connectivity index (χ1) is 36.5. The number of hydrogen-bond acceptors (Lipinski definition) is 13. The summed E-state index contributed by atoms with van der Waals surface area (Å²) >= 11 is 0. The molecule has 3 aromatic carbocycles. The lowest BCUT2D eigenvalue weighted by atomic mass is 9.81. The van der Waals surface area contributed by atoms with E-state index < -0.39 is 33.3 Å². The van der Waals surface area contributed by atoms with E-state index in [9.17, 15) is 27.4 Å². The fourth-order valence-electron chi connectivity index (χ4n) is 9.71. The van der Waals surface area contributed by atoms with Crippen LogP contribution in [0, 0.1) is 0 Å². The predicted molar refractivity (Wildman–Crippen MR) is 292 cm³/mol. The summed E-state index contributed by atoms with van der Waals surface area (Å²) in [6, 6.07) is 19.1. The third kappa shape index (κ3) is 14.8. The molecule has 0 radical (unpaired) electrons. The van der Waals surface area contributed by atoms with Gasteiger partial charge in [0.1, 0.15) is 18.1 Å². The fraction of sp³-hybridized carbons (Fsp3) is 0.424. The van der Waals surface area contributed by atoms with Crippen LogP contribution in [0.4, 0.5) is 11.4 Å². The summed E-state index contributed by atoms with van der Waals surface area (Å²) in [5.41, 5.74) is 7.89. The maximum atomic E-state index is 12.4. The number of unbranched alkanes of at least 4 members (excludes halogenated alkanes) is 2. The van der Waals surface area contributed by atoms with Crippen LogP contribution in [0.3, 0.4) is 0 Å². The monoisotopic (exact) mass is 1060 g/mol. The van der Waals surface area contributed by atoms with Crippen molar-refractivity contribution in [1.82, 2.24) is 5.06 Å². The summed E-state index contributed by atoms with van der Waals surface area (Å²) in [5.74, 6) is -0.172.